The van der Waals surface area contributed by atoms with Gasteiger partial charge in [0.1, 0.15) is 5.75 Å². The summed E-state index contributed by atoms with van der Waals surface area (Å²) in [6.45, 7) is 1.08. The van der Waals surface area contributed by atoms with Gasteiger partial charge < -0.3 is 19.3 Å². The molecule has 1 aliphatic heterocycles. The smallest absolute Gasteiger partial charge is 0.405 e. The molecule has 0 N–H and O–H groups in total. The monoisotopic (exact) mass is 386 g/mol. The highest BCUT2D eigenvalue weighted by molar-refractivity contribution is 5.97. The van der Waals surface area contributed by atoms with E-state index in [2.05, 4.69) is 9.64 Å². The first-order chi connectivity index (χ1) is 12.7. The number of amides is 1. The summed E-state index contributed by atoms with van der Waals surface area (Å²) in [5.74, 6) is -0.250. The van der Waals surface area contributed by atoms with Gasteiger partial charge in [-0.25, -0.2) is 0 Å². The van der Waals surface area contributed by atoms with Gasteiger partial charge in [-0.3, -0.25) is 4.79 Å². The number of rotatable bonds is 4. The lowest BCUT2D eigenvalue weighted by atomic mass is 9.77. The van der Waals surface area contributed by atoms with Crippen molar-refractivity contribution < 1.29 is 27.4 Å². The molecule has 1 amide bonds. The van der Waals surface area contributed by atoms with Crippen molar-refractivity contribution in [3.05, 3.63) is 29.8 Å². The standard InChI is InChI=1S/C19H25F3N2O3/c1-23(2)15-8-12-10-24(11-13(12)9-17(15)26-3)18(25)14-6-4-5-7-16(14)27-19(20,21)22/h4-7,12-13,15,17H,8-11H2,1-3H3/t12-,13+,15-,17-/m1/s1. The zero-order valence-corrected chi connectivity index (χ0v) is 15.7. The number of carbonyl (C=O) groups excluding carboxylic acids is 1. The predicted molar refractivity (Wildman–Crippen MR) is 93.5 cm³/mol. The van der Waals surface area contributed by atoms with Crippen molar-refractivity contribution in [1.29, 1.82) is 0 Å². The lowest BCUT2D eigenvalue weighted by Gasteiger charge is -2.40. The molecule has 2 aliphatic rings. The van der Waals surface area contributed by atoms with Gasteiger partial charge in [-0.1, -0.05) is 12.1 Å². The Bertz CT molecular complexity index is 680. The summed E-state index contributed by atoms with van der Waals surface area (Å²) < 4.78 is 47.6. The molecule has 1 aromatic rings. The summed E-state index contributed by atoms with van der Waals surface area (Å²) in [5.41, 5.74) is -0.0547. The number of halogens is 3. The van der Waals surface area contributed by atoms with E-state index in [0.29, 0.717) is 24.9 Å². The van der Waals surface area contributed by atoms with Gasteiger partial charge >= 0.3 is 6.36 Å². The van der Waals surface area contributed by atoms with Crippen LogP contribution in [0.15, 0.2) is 24.3 Å². The normalized spacial score (nSPS) is 28.3. The first-order valence-electron chi connectivity index (χ1n) is 9.03. The van der Waals surface area contributed by atoms with E-state index in [1.54, 1.807) is 18.1 Å². The summed E-state index contributed by atoms with van der Waals surface area (Å²) in [7, 11) is 5.73. The van der Waals surface area contributed by atoms with Crippen LogP contribution in [-0.4, -0.2) is 68.5 Å². The fourth-order valence-electron chi connectivity index (χ4n) is 4.38. The molecule has 1 heterocycles. The predicted octanol–water partition coefficient (Wildman–Crippen LogP) is 3.01. The number of likely N-dealkylation sites (N-methyl/N-ethyl adjacent to an activating group) is 1. The van der Waals surface area contributed by atoms with Crippen molar-refractivity contribution in [3.8, 4) is 5.75 Å². The van der Waals surface area contributed by atoms with Crippen LogP contribution in [0.5, 0.6) is 5.75 Å². The topological polar surface area (TPSA) is 42.0 Å². The number of fused-ring (bicyclic) bond motifs is 1. The van der Waals surface area contributed by atoms with Crippen LogP contribution in [0.25, 0.3) is 0 Å². The van der Waals surface area contributed by atoms with Gasteiger partial charge in [0.05, 0.1) is 11.7 Å². The SMILES string of the molecule is CO[C@@H]1C[C@H]2CN(C(=O)c3ccccc3OC(F)(F)F)C[C@H]2C[C@H]1N(C)C. The van der Waals surface area contributed by atoms with Gasteiger partial charge in [0.25, 0.3) is 5.91 Å². The molecule has 0 bridgehead atoms. The maximum absolute atomic E-state index is 12.9. The Morgan fingerprint density at radius 3 is 2.37 bits per heavy atom. The summed E-state index contributed by atoms with van der Waals surface area (Å²) in [6, 6.07) is 5.79. The molecule has 0 unspecified atom stereocenters. The number of nitrogens with zero attached hydrogens (tertiary/aromatic N) is 2. The Morgan fingerprint density at radius 2 is 1.78 bits per heavy atom. The quantitative estimate of drug-likeness (QED) is 0.798. The average Bonchev–Trinajstić information content (AvgIpc) is 3.02. The molecule has 8 heteroatoms. The molecular formula is C19H25F3N2O3. The van der Waals surface area contributed by atoms with E-state index in [1.807, 2.05) is 14.1 Å². The van der Waals surface area contributed by atoms with Crippen LogP contribution in [0.4, 0.5) is 13.2 Å². The molecule has 150 valence electrons. The second kappa shape index (κ2) is 7.67. The molecule has 0 aromatic heterocycles. The number of methoxy groups -OCH3 is 1. The number of likely N-dealkylation sites (tertiary alicyclic amines) is 1. The maximum atomic E-state index is 12.9. The summed E-state index contributed by atoms with van der Waals surface area (Å²) in [4.78, 5) is 16.7. The first-order valence-corrected chi connectivity index (χ1v) is 9.03. The van der Waals surface area contributed by atoms with Gasteiger partial charge in [0.2, 0.25) is 0 Å². The van der Waals surface area contributed by atoms with Gasteiger partial charge in [-0.15, -0.1) is 13.2 Å². The number of benzene rings is 1. The first kappa shape index (κ1) is 19.9. The van der Waals surface area contributed by atoms with Crippen molar-refractivity contribution in [3.63, 3.8) is 0 Å². The number of para-hydroxylation sites is 1. The van der Waals surface area contributed by atoms with E-state index < -0.39 is 18.0 Å². The van der Waals surface area contributed by atoms with E-state index in [9.17, 15) is 18.0 Å². The number of hydrogen-bond donors (Lipinski definition) is 0. The third-order valence-corrected chi connectivity index (χ3v) is 5.68. The zero-order valence-electron chi connectivity index (χ0n) is 15.7. The Balaban J connectivity index is 1.75. The molecule has 1 saturated heterocycles. The van der Waals surface area contributed by atoms with Crippen LogP contribution in [0, 0.1) is 11.8 Å². The lowest BCUT2D eigenvalue weighted by molar-refractivity contribution is -0.274. The number of alkyl halides is 3. The van der Waals surface area contributed by atoms with Crippen molar-refractivity contribution >= 4 is 5.91 Å². The molecule has 0 spiro atoms. The second-order valence-corrected chi connectivity index (χ2v) is 7.55. The minimum Gasteiger partial charge on any atom is -0.405 e. The van der Waals surface area contributed by atoms with Crippen LogP contribution < -0.4 is 4.74 Å². The van der Waals surface area contributed by atoms with Gasteiger partial charge in [-0.05, 0) is 50.9 Å². The molecule has 27 heavy (non-hydrogen) atoms. The van der Waals surface area contributed by atoms with E-state index in [-0.39, 0.29) is 17.7 Å². The summed E-state index contributed by atoms with van der Waals surface area (Å²) in [5, 5.41) is 0. The molecule has 3 rings (SSSR count). The fourth-order valence-corrected chi connectivity index (χ4v) is 4.38. The van der Waals surface area contributed by atoms with E-state index in [1.165, 1.54) is 18.2 Å². The van der Waals surface area contributed by atoms with Crippen molar-refractivity contribution in [2.45, 2.75) is 31.3 Å². The van der Waals surface area contributed by atoms with Gasteiger partial charge in [0.15, 0.2) is 0 Å². The van der Waals surface area contributed by atoms with Gasteiger partial charge in [0, 0.05) is 26.2 Å². The molecule has 0 radical (unpaired) electrons. The molecule has 1 saturated carbocycles. The van der Waals surface area contributed by atoms with Gasteiger partial charge in [-0.2, -0.15) is 0 Å². The van der Waals surface area contributed by atoms with Crippen LogP contribution in [0.3, 0.4) is 0 Å². The number of carbonyl (C=O) groups is 1. The maximum Gasteiger partial charge on any atom is 0.573 e. The molecule has 1 aromatic carbocycles. The second-order valence-electron chi connectivity index (χ2n) is 7.55. The summed E-state index contributed by atoms with van der Waals surface area (Å²) in [6.07, 6.45) is -2.99. The Hall–Kier alpha value is -1.80. The van der Waals surface area contributed by atoms with Crippen molar-refractivity contribution in [2.75, 3.05) is 34.3 Å². The minimum atomic E-state index is -4.83. The average molecular weight is 386 g/mol. The van der Waals surface area contributed by atoms with E-state index >= 15 is 0 Å². The zero-order chi connectivity index (χ0) is 19.8. The third kappa shape index (κ3) is 4.38. The minimum absolute atomic E-state index is 0.0547. The Labute approximate surface area is 157 Å². The fraction of sp³-hybridized carbons (Fsp3) is 0.632. The number of hydrogen-bond acceptors (Lipinski definition) is 4. The highest BCUT2D eigenvalue weighted by atomic mass is 19.4. The lowest BCUT2D eigenvalue weighted by Crippen LogP contribution is -2.47. The molecule has 4 atom stereocenters. The van der Waals surface area contributed by atoms with Crippen LogP contribution in [-0.2, 0) is 4.74 Å². The third-order valence-electron chi connectivity index (χ3n) is 5.68. The number of ether oxygens (including phenoxy) is 2. The van der Waals surface area contributed by atoms with Crippen molar-refractivity contribution in [1.82, 2.24) is 9.80 Å². The highest BCUT2D eigenvalue weighted by Crippen LogP contribution is 2.39. The van der Waals surface area contributed by atoms with Crippen LogP contribution in [0.2, 0.25) is 0 Å². The Kier molecular flexibility index (Phi) is 5.67. The molecular weight excluding hydrogens is 361 g/mol. The summed E-state index contributed by atoms with van der Waals surface area (Å²) >= 11 is 0. The largest absolute Gasteiger partial charge is 0.573 e. The Morgan fingerprint density at radius 1 is 1.15 bits per heavy atom. The highest BCUT2D eigenvalue weighted by Gasteiger charge is 2.44. The van der Waals surface area contributed by atoms with Crippen LogP contribution >= 0.6 is 0 Å². The van der Waals surface area contributed by atoms with E-state index in [0.717, 1.165) is 12.8 Å². The van der Waals surface area contributed by atoms with E-state index in [4.69, 9.17) is 4.74 Å². The molecule has 5 nitrogen and oxygen atoms in total. The molecule has 1 aliphatic carbocycles. The molecule has 2 fully saturated rings. The van der Waals surface area contributed by atoms with Crippen LogP contribution in [0.1, 0.15) is 23.2 Å². The van der Waals surface area contributed by atoms with Crippen molar-refractivity contribution in [2.24, 2.45) is 11.8 Å².